The molecular formula is C19H17BrN4O2. The van der Waals surface area contributed by atoms with Crippen LogP contribution in [0.3, 0.4) is 0 Å². The van der Waals surface area contributed by atoms with Crippen LogP contribution >= 0.6 is 15.9 Å². The first kappa shape index (κ1) is 16.8. The van der Waals surface area contributed by atoms with Gasteiger partial charge in [-0.15, -0.1) is 0 Å². The van der Waals surface area contributed by atoms with Crippen LogP contribution in [0.15, 0.2) is 41.0 Å². The summed E-state index contributed by atoms with van der Waals surface area (Å²) in [5, 5.41) is 7.29. The number of cyclic esters (lactones) is 1. The van der Waals surface area contributed by atoms with E-state index in [1.54, 1.807) is 12.3 Å². The lowest BCUT2D eigenvalue weighted by Crippen LogP contribution is -2.16. The Kier molecular flexibility index (Phi) is 3.84. The van der Waals surface area contributed by atoms with Crippen LogP contribution in [0.2, 0.25) is 0 Å². The molecule has 7 heteroatoms. The second-order valence-electron chi connectivity index (χ2n) is 6.59. The van der Waals surface area contributed by atoms with Crippen molar-refractivity contribution < 1.29 is 9.53 Å². The van der Waals surface area contributed by atoms with Crippen molar-refractivity contribution in [3.63, 3.8) is 0 Å². The highest BCUT2D eigenvalue weighted by Crippen LogP contribution is 2.37. The molecule has 0 bridgehead atoms. The standard InChI is InChI=1S/C19H17BrN4O2/c1-19(2)13-8-10(4-5-11(13)17(25)26-19)23-18-22-9-12-15(21-3)7-6-14(20)16(12)24-18/h4-9,21H,1-3H3,(H,22,23,24). The third-order valence-electron chi connectivity index (χ3n) is 4.46. The fourth-order valence-electron chi connectivity index (χ4n) is 3.13. The van der Waals surface area contributed by atoms with Gasteiger partial charge < -0.3 is 15.4 Å². The molecule has 132 valence electrons. The SMILES string of the molecule is CNc1ccc(Br)c2nc(Nc3ccc4c(c3)C(C)(C)OC4=O)ncc12. The molecule has 26 heavy (non-hydrogen) atoms. The zero-order chi connectivity index (χ0) is 18.5. The lowest BCUT2D eigenvalue weighted by molar-refractivity contribution is 0.00955. The summed E-state index contributed by atoms with van der Waals surface area (Å²) in [7, 11) is 1.87. The first-order chi connectivity index (χ1) is 12.4. The number of ether oxygens (including phenoxy) is 1. The predicted octanol–water partition coefficient (Wildman–Crippen LogP) is 4.58. The lowest BCUT2D eigenvalue weighted by atomic mass is 9.95. The van der Waals surface area contributed by atoms with Crippen LogP contribution < -0.4 is 10.6 Å². The smallest absolute Gasteiger partial charge is 0.339 e. The van der Waals surface area contributed by atoms with E-state index in [4.69, 9.17) is 4.74 Å². The quantitative estimate of drug-likeness (QED) is 0.612. The number of hydrogen-bond donors (Lipinski definition) is 2. The summed E-state index contributed by atoms with van der Waals surface area (Å²) in [6.45, 7) is 3.76. The molecule has 0 saturated carbocycles. The molecule has 6 nitrogen and oxygen atoms in total. The van der Waals surface area contributed by atoms with E-state index in [1.807, 2.05) is 45.2 Å². The number of anilines is 3. The number of nitrogens with zero attached hydrogens (tertiary/aromatic N) is 2. The van der Waals surface area contributed by atoms with Crippen molar-refractivity contribution in [1.82, 2.24) is 9.97 Å². The molecule has 0 atom stereocenters. The maximum atomic E-state index is 11.9. The van der Waals surface area contributed by atoms with Gasteiger partial charge in [0.1, 0.15) is 5.60 Å². The summed E-state index contributed by atoms with van der Waals surface area (Å²) in [5.41, 5.74) is 3.39. The Morgan fingerprint density at radius 3 is 2.77 bits per heavy atom. The van der Waals surface area contributed by atoms with E-state index in [0.29, 0.717) is 11.5 Å². The molecule has 0 radical (unpaired) electrons. The molecule has 2 N–H and O–H groups in total. The number of aromatic nitrogens is 2. The second-order valence-corrected chi connectivity index (χ2v) is 7.44. The molecule has 0 fully saturated rings. The molecule has 3 aromatic rings. The lowest BCUT2D eigenvalue weighted by Gasteiger charge is -2.18. The van der Waals surface area contributed by atoms with Crippen LogP contribution in [0.25, 0.3) is 10.9 Å². The topological polar surface area (TPSA) is 76.1 Å². The van der Waals surface area contributed by atoms with Gasteiger partial charge in [-0.05, 0) is 60.1 Å². The van der Waals surface area contributed by atoms with Gasteiger partial charge in [-0.3, -0.25) is 0 Å². The van der Waals surface area contributed by atoms with Gasteiger partial charge in [0.15, 0.2) is 0 Å². The Morgan fingerprint density at radius 1 is 1.19 bits per heavy atom. The van der Waals surface area contributed by atoms with E-state index in [-0.39, 0.29) is 5.97 Å². The first-order valence-electron chi connectivity index (χ1n) is 8.17. The van der Waals surface area contributed by atoms with Crippen molar-refractivity contribution in [3.05, 3.63) is 52.1 Å². The van der Waals surface area contributed by atoms with Crippen LogP contribution in [0.1, 0.15) is 29.8 Å². The number of benzene rings is 2. The van der Waals surface area contributed by atoms with Gasteiger partial charge in [0, 0.05) is 40.0 Å². The number of carbonyl (C=O) groups is 1. The molecule has 0 amide bonds. The van der Waals surface area contributed by atoms with E-state index < -0.39 is 5.60 Å². The molecule has 0 unspecified atom stereocenters. The van der Waals surface area contributed by atoms with E-state index in [2.05, 4.69) is 36.5 Å². The van der Waals surface area contributed by atoms with Gasteiger partial charge >= 0.3 is 5.97 Å². The Balaban J connectivity index is 1.72. The average molecular weight is 413 g/mol. The Labute approximate surface area is 159 Å². The summed E-state index contributed by atoms with van der Waals surface area (Å²) in [5.74, 6) is 0.191. The highest BCUT2D eigenvalue weighted by molar-refractivity contribution is 9.10. The Bertz CT molecular complexity index is 1050. The van der Waals surface area contributed by atoms with E-state index in [9.17, 15) is 4.79 Å². The molecule has 1 aliphatic heterocycles. The Morgan fingerprint density at radius 2 is 2.00 bits per heavy atom. The predicted molar refractivity (Wildman–Crippen MR) is 105 cm³/mol. The summed E-state index contributed by atoms with van der Waals surface area (Å²) in [6, 6.07) is 9.43. The van der Waals surface area contributed by atoms with Gasteiger partial charge in [-0.1, -0.05) is 0 Å². The molecule has 4 rings (SSSR count). The van der Waals surface area contributed by atoms with Crippen molar-refractivity contribution in [2.45, 2.75) is 19.4 Å². The van der Waals surface area contributed by atoms with Crippen molar-refractivity contribution in [1.29, 1.82) is 0 Å². The van der Waals surface area contributed by atoms with Gasteiger partial charge in [0.25, 0.3) is 0 Å². The summed E-state index contributed by atoms with van der Waals surface area (Å²) >= 11 is 3.54. The molecule has 2 aromatic carbocycles. The number of nitrogens with one attached hydrogen (secondary N) is 2. The number of rotatable bonds is 3. The van der Waals surface area contributed by atoms with Gasteiger partial charge in [-0.25, -0.2) is 14.8 Å². The van der Waals surface area contributed by atoms with Crippen LogP contribution in [0.4, 0.5) is 17.3 Å². The normalized spacial score (nSPS) is 14.8. The van der Waals surface area contributed by atoms with Crippen molar-refractivity contribution in [3.8, 4) is 0 Å². The average Bonchev–Trinajstić information content (AvgIpc) is 2.84. The summed E-state index contributed by atoms with van der Waals surface area (Å²) in [4.78, 5) is 20.9. The van der Waals surface area contributed by atoms with Crippen LogP contribution in [-0.4, -0.2) is 23.0 Å². The van der Waals surface area contributed by atoms with E-state index in [0.717, 1.165) is 32.3 Å². The molecular weight excluding hydrogens is 396 g/mol. The second kappa shape index (κ2) is 5.95. The third-order valence-corrected chi connectivity index (χ3v) is 5.10. The number of hydrogen-bond acceptors (Lipinski definition) is 6. The third kappa shape index (κ3) is 2.68. The van der Waals surface area contributed by atoms with Crippen LogP contribution in [0.5, 0.6) is 0 Å². The minimum absolute atomic E-state index is 0.290. The minimum Gasteiger partial charge on any atom is -0.451 e. The summed E-state index contributed by atoms with van der Waals surface area (Å²) in [6.07, 6.45) is 1.78. The van der Waals surface area contributed by atoms with E-state index >= 15 is 0 Å². The molecule has 2 heterocycles. The fourth-order valence-corrected chi connectivity index (χ4v) is 3.57. The fraction of sp³-hybridized carbons (Fsp3) is 0.211. The van der Waals surface area contributed by atoms with Crippen molar-refractivity contribution >= 4 is 50.1 Å². The molecule has 1 aliphatic rings. The molecule has 0 saturated heterocycles. The number of esters is 1. The number of carbonyl (C=O) groups excluding carboxylic acids is 1. The highest BCUT2D eigenvalue weighted by Gasteiger charge is 2.37. The minimum atomic E-state index is -0.640. The van der Waals surface area contributed by atoms with Gasteiger partial charge in [0.2, 0.25) is 5.95 Å². The largest absolute Gasteiger partial charge is 0.451 e. The Hall–Kier alpha value is -2.67. The van der Waals surface area contributed by atoms with Gasteiger partial charge in [0.05, 0.1) is 11.1 Å². The molecule has 1 aromatic heterocycles. The van der Waals surface area contributed by atoms with E-state index in [1.165, 1.54) is 0 Å². The van der Waals surface area contributed by atoms with Crippen molar-refractivity contribution in [2.75, 3.05) is 17.7 Å². The maximum Gasteiger partial charge on any atom is 0.339 e. The first-order valence-corrected chi connectivity index (χ1v) is 8.96. The molecule has 0 spiro atoms. The van der Waals surface area contributed by atoms with Crippen LogP contribution in [0, 0.1) is 0 Å². The number of halogens is 1. The van der Waals surface area contributed by atoms with Gasteiger partial charge in [-0.2, -0.15) is 0 Å². The number of fused-ring (bicyclic) bond motifs is 2. The molecule has 0 aliphatic carbocycles. The zero-order valence-corrected chi connectivity index (χ0v) is 16.1. The maximum absolute atomic E-state index is 11.9. The monoisotopic (exact) mass is 412 g/mol. The zero-order valence-electron chi connectivity index (χ0n) is 14.6. The summed E-state index contributed by atoms with van der Waals surface area (Å²) < 4.78 is 6.31. The van der Waals surface area contributed by atoms with Crippen LogP contribution in [-0.2, 0) is 10.3 Å². The van der Waals surface area contributed by atoms with Crippen molar-refractivity contribution in [2.24, 2.45) is 0 Å². The highest BCUT2D eigenvalue weighted by atomic mass is 79.9.